The van der Waals surface area contributed by atoms with Gasteiger partial charge in [-0.1, -0.05) is 17.7 Å². The van der Waals surface area contributed by atoms with Crippen LogP contribution in [-0.2, 0) is 4.79 Å². The predicted molar refractivity (Wildman–Crippen MR) is 85.3 cm³/mol. The molecule has 0 saturated carbocycles. The van der Waals surface area contributed by atoms with Gasteiger partial charge in [0.05, 0.1) is 5.02 Å². The molecule has 0 bridgehead atoms. The number of nitrogens with zero attached hydrogens (tertiary/aromatic N) is 2. The molecule has 24 heavy (non-hydrogen) atoms. The summed E-state index contributed by atoms with van der Waals surface area (Å²) in [6, 6.07) is 10.6. The highest BCUT2D eigenvalue weighted by Gasteiger charge is 2.09. The largest absolute Gasteiger partial charge is 0.482 e. The molecule has 6 nitrogen and oxygen atoms in total. The van der Waals surface area contributed by atoms with Crippen LogP contribution < -0.4 is 10.1 Å². The minimum Gasteiger partial charge on any atom is -0.482 e. The monoisotopic (exact) mass is 347 g/mol. The van der Waals surface area contributed by atoms with Crippen LogP contribution in [0.1, 0.15) is 0 Å². The van der Waals surface area contributed by atoms with Gasteiger partial charge >= 0.3 is 0 Å². The molecule has 0 unspecified atom stereocenters. The van der Waals surface area contributed by atoms with Gasteiger partial charge < -0.3 is 14.5 Å². The third kappa shape index (κ3) is 3.88. The minimum atomic E-state index is -0.477. The van der Waals surface area contributed by atoms with E-state index in [1.807, 2.05) is 0 Å². The average Bonchev–Trinajstić information content (AvgIpc) is 3.09. The number of anilines is 1. The molecule has 0 saturated heterocycles. The van der Waals surface area contributed by atoms with Crippen molar-refractivity contribution >= 4 is 23.2 Å². The quantitative estimate of drug-likeness (QED) is 0.763. The van der Waals surface area contributed by atoms with Crippen LogP contribution in [0.2, 0.25) is 5.02 Å². The molecule has 0 aliphatic carbocycles. The fraction of sp³-hybridized carbons (Fsp3) is 0.0625. The van der Waals surface area contributed by atoms with Gasteiger partial charge in [-0.25, -0.2) is 4.39 Å². The molecule has 1 aromatic heterocycles. The second-order valence-corrected chi connectivity index (χ2v) is 5.14. The second kappa shape index (κ2) is 7.10. The number of ether oxygens (including phenoxy) is 1. The van der Waals surface area contributed by atoms with Gasteiger partial charge in [0.2, 0.25) is 12.3 Å². The molecule has 1 N–H and O–H groups in total. The third-order valence-corrected chi connectivity index (χ3v) is 3.30. The number of aromatic nitrogens is 2. The van der Waals surface area contributed by atoms with Crippen molar-refractivity contribution in [1.29, 1.82) is 0 Å². The fourth-order valence-electron chi connectivity index (χ4n) is 1.96. The van der Waals surface area contributed by atoms with Gasteiger partial charge in [-0.2, -0.15) is 0 Å². The van der Waals surface area contributed by atoms with Crippen LogP contribution in [0.3, 0.4) is 0 Å². The first-order valence-corrected chi connectivity index (χ1v) is 7.24. The van der Waals surface area contributed by atoms with Gasteiger partial charge in [-0.05, 0) is 36.4 Å². The average molecular weight is 348 g/mol. The lowest BCUT2D eigenvalue weighted by Crippen LogP contribution is -2.20. The summed E-state index contributed by atoms with van der Waals surface area (Å²) in [5.74, 6) is -0.291. The van der Waals surface area contributed by atoms with Crippen molar-refractivity contribution in [3.05, 3.63) is 59.7 Å². The summed E-state index contributed by atoms with van der Waals surface area (Å²) in [5.41, 5.74) is 1.22. The Kier molecular flexibility index (Phi) is 4.72. The lowest BCUT2D eigenvalue weighted by molar-refractivity contribution is -0.118. The Morgan fingerprint density at radius 1 is 1.29 bits per heavy atom. The summed E-state index contributed by atoms with van der Waals surface area (Å²) in [7, 11) is 0. The molecule has 0 aliphatic heterocycles. The topological polar surface area (TPSA) is 77.2 Å². The van der Waals surface area contributed by atoms with E-state index in [4.69, 9.17) is 20.8 Å². The Labute approximate surface area is 141 Å². The van der Waals surface area contributed by atoms with Gasteiger partial charge in [-0.3, -0.25) is 4.79 Å². The molecule has 1 heterocycles. The molecule has 3 rings (SSSR count). The zero-order chi connectivity index (χ0) is 16.9. The van der Waals surface area contributed by atoms with Crippen molar-refractivity contribution in [3.63, 3.8) is 0 Å². The van der Waals surface area contributed by atoms with Crippen LogP contribution in [0.5, 0.6) is 5.75 Å². The van der Waals surface area contributed by atoms with Crippen LogP contribution >= 0.6 is 11.6 Å². The lowest BCUT2D eigenvalue weighted by Gasteiger charge is -2.09. The number of rotatable bonds is 5. The maximum Gasteiger partial charge on any atom is 0.262 e. The molecule has 8 heteroatoms. The van der Waals surface area contributed by atoms with Crippen LogP contribution in [-0.4, -0.2) is 22.7 Å². The highest BCUT2D eigenvalue weighted by molar-refractivity contribution is 6.32. The Morgan fingerprint density at radius 2 is 2.17 bits per heavy atom. The van der Waals surface area contributed by atoms with Gasteiger partial charge in [0.15, 0.2) is 6.61 Å². The van der Waals surface area contributed by atoms with E-state index in [2.05, 4.69) is 15.5 Å². The van der Waals surface area contributed by atoms with Crippen LogP contribution in [0.25, 0.3) is 11.5 Å². The summed E-state index contributed by atoms with van der Waals surface area (Å²) < 4.78 is 23.3. The van der Waals surface area contributed by atoms with Gasteiger partial charge in [0.25, 0.3) is 5.91 Å². The predicted octanol–water partition coefficient (Wildman–Crippen LogP) is 3.55. The maximum absolute atomic E-state index is 13.0. The van der Waals surface area contributed by atoms with E-state index < -0.39 is 11.7 Å². The van der Waals surface area contributed by atoms with Crippen molar-refractivity contribution in [1.82, 2.24) is 10.2 Å². The van der Waals surface area contributed by atoms with E-state index in [1.165, 1.54) is 18.5 Å². The summed E-state index contributed by atoms with van der Waals surface area (Å²) in [4.78, 5) is 12.0. The lowest BCUT2D eigenvalue weighted by atomic mass is 10.2. The van der Waals surface area contributed by atoms with Crippen molar-refractivity contribution in [2.75, 3.05) is 11.9 Å². The maximum atomic E-state index is 13.0. The Bertz CT molecular complexity index is 856. The van der Waals surface area contributed by atoms with Gasteiger partial charge in [-0.15, -0.1) is 10.2 Å². The van der Waals surface area contributed by atoms with E-state index >= 15 is 0 Å². The Morgan fingerprint density at radius 3 is 2.92 bits per heavy atom. The summed E-state index contributed by atoms with van der Waals surface area (Å²) in [6.45, 7) is -0.268. The summed E-state index contributed by atoms with van der Waals surface area (Å²) in [6.07, 6.45) is 1.22. The minimum absolute atomic E-state index is 0.0983. The van der Waals surface area contributed by atoms with E-state index in [1.54, 1.807) is 24.3 Å². The Hall–Kier alpha value is -2.93. The zero-order valence-corrected chi connectivity index (χ0v) is 13.0. The van der Waals surface area contributed by atoms with Crippen LogP contribution in [0, 0.1) is 5.82 Å². The molecule has 0 aliphatic rings. The summed E-state index contributed by atoms with van der Waals surface area (Å²) >= 11 is 5.83. The molecule has 122 valence electrons. The fourth-order valence-corrected chi connectivity index (χ4v) is 2.18. The number of nitrogens with one attached hydrogen (secondary N) is 1. The van der Waals surface area contributed by atoms with E-state index in [9.17, 15) is 9.18 Å². The normalized spacial score (nSPS) is 10.4. The van der Waals surface area contributed by atoms with Crippen molar-refractivity contribution in [2.45, 2.75) is 0 Å². The van der Waals surface area contributed by atoms with E-state index in [0.29, 0.717) is 17.1 Å². The molecular formula is C16H11ClFN3O3. The SMILES string of the molecule is O=C(COc1ccc(F)cc1Cl)Nc1cccc(-c2nnco2)c1. The van der Waals surface area contributed by atoms with E-state index in [-0.39, 0.29) is 17.4 Å². The first kappa shape index (κ1) is 15.9. The number of halogens is 2. The molecule has 0 radical (unpaired) electrons. The smallest absolute Gasteiger partial charge is 0.262 e. The number of hydrogen-bond donors (Lipinski definition) is 1. The number of carbonyl (C=O) groups is 1. The molecule has 2 aromatic carbocycles. The van der Waals surface area contributed by atoms with Crippen LogP contribution in [0.4, 0.5) is 10.1 Å². The highest BCUT2D eigenvalue weighted by Crippen LogP contribution is 2.25. The molecule has 1 amide bonds. The third-order valence-electron chi connectivity index (χ3n) is 3.01. The second-order valence-electron chi connectivity index (χ2n) is 4.74. The van der Waals surface area contributed by atoms with Crippen molar-refractivity contribution < 1.29 is 18.3 Å². The Balaban J connectivity index is 1.62. The summed E-state index contributed by atoms with van der Waals surface area (Å²) in [5, 5.41) is 10.2. The van der Waals surface area contributed by atoms with Gasteiger partial charge in [0.1, 0.15) is 11.6 Å². The van der Waals surface area contributed by atoms with Crippen LogP contribution in [0.15, 0.2) is 53.3 Å². The zero-order valence-electron chi connectivity index (χ0n) is 12.2. The van der Waals surface area contributed by atoms with Crippen molar-refractivity contribution in [2.24, 2.45) is 0 Å². The van der Waals surface area contributed by atoms with E-state index in [0.717, 1.165) is 6.07 Å². The number of carbonyl (C=O) groups excluding carboxylic acids is 1. The number of benzene rings is 2. The highest BCUT2D eigenvalue weighted by atomic mass is 35.5. The first-order valence-electron chi connectivity index (χ1n) is 6.86. The molecule has 3 aromatic rings. The standard InChI is InChI=1S/C16H11ClFN3O3/c17-13-7-11(18)4-5-14(13)23-8-15(22)20-12-3-1-2-10(6-12)16-21-19-9-24-16/h1-7,9H,8H2,(H,20,22). The van der Waals surface area contributed by atoms with Crippen molar-refractivity contribution in [3.8, 4) is 17.2 Å². The molecular weight excluding hydrogens is 337 g/mol. The number of amides is 1. The van der Waals surface area contributed by atoms with Gasteiger partial charge in [0, 0.05) is 11.3 Å². The molecule has 0 atom stereocenters. The number of hydrogen-bond acceptors (Lipinski definition) is 5. The molecule has 0 spiro atoms. The first-order chi connectivity index (χ1) is 11.6. The molecule has 0 fully saturated rings.